The number of sulfonamides is 1. The van der Waals surface area contributed by atoms with E-state index in [0.717, 1.165) is 5.56 Å². The van der Waals surface area contributed by atoms with Crippen molar-refractivity contribution >= 4 is 10.0 Å². The van der Waals surface area contributed by atoms with E-state index in [1.54, 1.807) is 12.1 Å². The van der Waals surface area contributed by atoms with Gasteiger partial charge in [0.2, 0.25) is 10.0 Å². The van der Waals surface area contributed by atoms with Crippen molar-refractivity contribution < 1.29 is 13.5 Å². The molecule has 0 heterocycles. The van der Waals surface area contributed by atoms with Crippen LogP contribution in [0.25, 0.3) is 0 Å². The second-order valence-corrected chi connectivity index (χ2v) is 7.77. The van der Waals surface area contributed by atoms with Crippen LogP contribution in [0.2, 0.25) is 0 Å². The molecule has 0 aliphatic heterocycles. The van der Waals surface area contributed by atoms with Gasteiger partial charge in [0, 0.05) is 0 Å². The Labute approximate surface area is 115 Å². The molecular formula is C14H23NO3S. The molecule has 0 saturated heterocycles. The zero-order valence-corrected chi connectivity index (χ0v) is 12.6. The minimum atomic E-state index is -3.38. The number of rotatable bonds is 6. The summed E-state index contributed by atoms with van der Waals surface area (Å²) in [5.74, 6) is 0.0693. The predicted octanol–water partition coefficient (Wildman–Crippen LogP) is 2.08. The van der Waals surface area contributed by atoms with E-state index in [-0.39, 0.29) is 17.8 Å². The molecular weight excluding hydrogens is 262 g/mol. The first kappa shape index (κ1) is 16.1. The molecule has 0 fully saturated rings. The molecule has 0 spiro atoms. The number of aliphatic hydroxyl groups excluding tert-OH is 1. The molecule has 0 unspecified atom stereocenters. The highest BCUT2D eigenvalue weighted by molar-refractivity contribution is 7.89. The summed E-state index contributed by atoms with van der Waals surface area (Å²) in [7, 11) is -3.38. The summed E-state index contributed by atoms with van der Waals surface area (Å²) in [5, 5.41) is 9.34. The van der Waals surface area contributed by atoms with E-state index in [1.807, 2.05) is 39.0 Å². The van der Waals surface area contributed by atoms with Crippen molar-refractivity contribution in [2.45, 2.75) is 33.2 Å². The molecule has 1 aromatic rings. The summed E-state index contributed by atoms with van der Waals surface area (Å²) in [6, 6.07) is 8.51. The fourth-order valence-corrected chi connectivity index (χ4v) is 3.26. The SMILES string of the molecule is CC(C)(C)CCS(=O)(=O)N[C@@H](CO)c1ccccc1. The number of benzene rings is 1. The van der Waals surface area contributed by atoms with Gasteiger partial charge < -0.3 is 5.11 Å². The predicted molar refractivity (Wildman–Crippen MR) is 77.3 cm³/mol. The van der Waals surface area contributed by atoms with Gasteiger partial charge in [-0.1, -0.05) is 51.1 Å². The molecule has 5 heteroatoms. The number of hydrogen-bond donors (Lipinski definition) is 2. The van der Waals surface area contributed by atoms with Crippen LogP contribution in [0.3, 0.4) is 0 Å². The van der Waals surface area contributed by atoms with Gasteiger partial charge in [0.15, 0.2) is 0 Å². The zero-order valence-electron chi connectivity index (χ0n) is 11.8. The van der Waals surface area contributed by atoms with Crippen LogP contribution in [0.15, 0.2) is 30.3 Å². The Morgan fingerprint density at radius 3 is 2.26 bits per heavy atom. The maximum Gasteiger partial charge on any atom is 0.212 e. The average Bonchev–Trinajstić information content (AvgIpc) is 2.34. The molecule has 0 saturated carbocycles. The molecule has 0 aliphatic carbocycles. The largest absolute Gasteiger partial charge is 0.394 e. The molecule has 0 amide bonds. The summed E-state index contributed by atoms with van der Waals surface area (Å²) in [4.78, 5) is 0. The second kappa shape index (κ2) is 6.50. The first-order valence-electron chi connectivity index (χ1n) is 6.39. The fraction of sp³-hybridized carbons (Fsp3) is 0.571. The minimum absolute atomic E-state index is 0.0315. The van der Waals surface area contributed by atoms with Crippen LogP contribution in [-0.2, 0) is 10.0 Å². The van der Waals surface area contributed by atoms with Crippen LogP contribution >= 0.6 is 0 Å². The van der Waals surface area contributed by atoms with Crippen molar-refractivity contribution in [2.75, 3.05) is 12.4 Å². The summed E-state index contributed by atoms with van der Waals surface area (Å²) >= 11 is 0. The van der Waals surface area contributed by atoms with Crippen molar-refractivity contribution in [1.29, 1.82) is 0 Å². The highest BCUT2D eigenvalue weighted by atomic mass is 32.2. The van der Waals surface area contributed by atoms with E-state index in [2.05, 4.69) is 4.72 Å². The maximum absolute atomic E-state index is 12.0. The lowest BCUT2D eigenvalue weighted by Gasteiger charge is -2.20. The first-order valence-corrected chi connectivity index (χ1v) is 8.04. The van der Waals surface area contributed by atoms with Crippen LogP contribution in [0.5, 0.6) is 0 Å². The summed E-state index contributed by atoms with van der Waals surface area (Å²) < 4.78 is 26.5. The van der Waals surface area contributed by atoms with Crippen LogP contribution < -0.4 is 4.72 Å². The minimum Gasteiger partial charge on any atom is -0.394 e. The van der Waals surface area contributed by atoms with Gasteiger partial charge in [0.25, 0.3) is 0 Å². The third-order valence-corrected chi connectivity index (χ3v) is 4.21. The average molecular weight is 285 g/mol. The fourth-order valence-electron chi connectivity index (χ4n) is 1.61. The third kappa shape index (κ3) is 6.18. The zero-order chi connectivity index (χ0) is 14.5. The lowest BCUT2D eigenvalue weighted by atomic mass is 9.94. The van der Waals surface area contributed by atoms with E-state index >= 15 is 0 Å². The third-order valence-electron chi connectivity index (χ3n) is 2.83. The Morgan fingerprint density at radius 1 is 1.21 bits per heavy atom. The Bertz CT molecular complexity index is 477. The van der Waals surface area contributed by atoms with Gasteiger partial charge in [-0.15, -0.1) is 0 Å². The highest BCUT2D eigenvalue weighted by Crippen LogP contribution is 2.20. The molecule has 0 bridgehead atoms. The molecule has 4 nitrogen and oxygen atoms in total. The van der Waals surface area contributed by atoms with Crippen molar-refractivity contribution in [3.63, 3.8) is 0 Å². The van der Waals surface area contributed by atoms with Gasteiger partial charge in [0.1, 0.15) is 0 Å². The van der Waals surface area contributed by atoms with Crippen molar-refractivity contribution in [3.05, 3.63) is 35.9 Å². The highest BCUT2D eigenvalue weighted by Gasteiger charge is 2.21. The van der Waals surface area contributed by atoms with E-state index in [1.165, 1.54) is 0 Å². The van der Waals surface area contributed by atoms with Crippen molar-refractivity contribution in [2.24, 2.45) is 5.41 Å². The van der Waals surface area contributed by atoms with Gasteiger partial charge >= 0.3 is 0 Å². The lowest BCUT2D eigenvalue weighted by molar-refractivity contribution is 0.258. The second-order valence-electron chi connectivity index (χ2n) is 5.89. The summed E-state index contributed by atoms with van der Waals surface area (Å²) in [6.45, 7) is 5.76. The van der Waals surface area contributed by atoms with Crippen LogP contribution in [0.4, 0.5) is 0 Å². The van der Waals surface area contributed by atoms with Crippen molar-refractivity contribution in [3.8, 4) is 0 Å². The van der Waals surface area contributed by atoms with E-state index in [9.17, 15) is 13.5 Å². The Kier molecular flexibility index (Phi) is 5.52. The molecule has 19 heavy (non-hydrogen) atoms. The van der Waals surface area contributed by atoms with E-state index in [0.29, 0.717) is 6.42 Å². The molecule has 0 aliphatic rings. The monoisotopic (exact) mass is 285 g/mol. The Balaban J connectivity index is 2.70. The molecule has 1 aromatic carbocycles. The van der Waals surface area contributed by atoms with Gasteiger partial charge in [-0.3, -0.25) is 0 Å². The summed E-state index contributed by atoms with van der Waals surface area (Å²) in [6.07, 6.45) is 0.579. The Morgan fingerprint density at radius 2 is 1.79 bits per heavy atom. The molecule has 0 radical (unpaired) electrons. The van der Waals surface area contributed by atoms with Gasteiger partial charge in [0.05, 0.1) is 18.4 Å². The molecule has 2 N–H and O–H groups in total. The van der Waals surface area contributed by atoms with Gasteiger partial charge in [-0.25, -0.2) is 13.1 Å². The van der Waals surface area contributed by atoms with Crippen molar-refractivity contribution in [1.82, 2.24) is 4.72 Å². The van der Waals surface area contributed by atoms with E-state index < -0.39 is 16.1 Å². The normalized spacial score (nSPS) is 14.3. The Hall–Kier alpha value is -0.910. The smallest absolute Gasteiger partial charge is 0.212 e. The topological polar surface area (TPSA) is 66.4 Å². The summed E-state index contributed by atoms with van der Waals surface area (Å²) in [5.41, 5.74) is 0.736. The quantitative estimate of drug-likeness (QED) is 0.841. The van der Waals surface area contributed by atoms with E-state index in [4.69, 9.17) is 0 Å². The molecule has 108 valence electrons. The van der Waals surface area contributed by atoms with Crippen LogP contribution in [0, 0.1) is 5.41 Å². The number of aliphatic hydroxyl groups is 1. The molecule has 1 atom stereocenters. The lowest BCUT2D eigenvalue weighted by Crippen LogP contribution is -2.33. The first-order chi connectivity index (χ1) is 8.73. The molecule has 1 rings (SSSR count). The van der Waals surface area contributed by atoms with Gasteiger partial charge in [-0.2, -0.15) is 0 Å². The maximum atomic E-state index is 12.0. The standard InChI is InChI=1S/C14H23NO3S/c1-14(2,3)9-10-19(17,18)15-13(11-16)12-7-5-4-6-8-12/h4-8,13,15-16H,9-11H2,1-3H3/t13-/m0/s1. The van der Waals surface area contributed by atoms with Crippen LogP contribution in [-0.4, -0.2) is 25.9 Å². The molecule has 0 aromatic heterocycles. The van der Waals surface area contributed by atoms with Crippen LogP contribution in [0.1, 0.15) is 38.8 Å². The number of hydrogen-bond acceptors (Lipinski definition) is 3. The van der Waals surface area contributed by atoms with Gasteiger partial charge in [-0.05, 0) is 17.4 Å². The number of nitrogens with one attached hydrogen (secondary N) is 1.